The third-order valence-corrected chi connectivity index (χ3v) is 8.84. The average molecular weight is 531 g/mol. The standard InChI is InChI=1S/C30H53B2O6/c1-11-13-15-17-19-33-25-21-24(32-37-29(7,8)30(9,10)38-32)26(34-20-18-16-14-12-2)22-23(25)31-35-27(3,4)28(5,6)36-31/h21-23H,11-20H2,1-10H3. The molecule has 3 rings (SSSR count). The van der Waals surface area contributed by atoms with E-state index in [9.17, 15) is 0 Å². The quantitative estimate of drug-likeness (QED) is 0.170. The van der Waals surface area contributed by atoms with Gasteiger partial charge in [0.1, 0.15) is 11.9 Å². The van der Waals surface area contributed by atoms with E-state index in [0.29, 0.717) is 13.2 Å². The maximum Gasteiger partial charge on any atom is 0.498 e. The van der Waals surface area contributed by atoms with Gasteiger partial charge in [-0.3, -0.25) is 0 Å². The van der Waals surface area contributed by atoms with Crippen molar-refractivity contribution in [3.63, 3.8) is 0 Å². The molecule has 2 saturated heterocycles. The summed E-state index contributed by atoms with van der Waals surface area (Å²) in [4.78, 5) is 0. The van der Waals surface area contributed by atoms with Crippen LogP contribution in [-0.2, 0) is 28.1 Å². The van der Waals surface area contributed by atoms with Gasteiger partial charge in [0.25, 0.3) is 0 Å². The van der Waals surface area contributed by atoms with Gasteiger partial charge in [0.05, 0.1) is 34.8 Å². The molecule has 0 amide bonds. The zero-order valence-corrected chi connectivity index (χ0v) is 25.9. The van der Waals surface area contributed by atoms with Crippen molar-refractivity contribution in [3.05, 3.63) is 29.5 Å². The molecule has 0 saturated carbocycles. The van der Waals surface area contributed by atoms with E-state index >= 15 is 0 Å². The van der Waals surface area contributed by atoms with Crippen LogP contribution in [0.4, 0.5) is 0 Å². The van der Waals surface area contributed by atoms with Crippen LogP contribution in [0.2, 0.25) is 5.82 Å². The van der Waals surface area contributed by atoms with E-state index in [1.807, 2.05) is 0 Å². The smallest absolute Gasteiger partial charge is 0.494 e. The van der Waals surface area contributed by atoms with E-state index in [2.05, 4.69) is 81.4 Å². The van der Waals surface area contributed by atoms with E-state index in [1.54, 1.807) is 0 Å². The minimum Gasteiger partial charge on any atom is -0.494 e. The zero-order chi connectivity index (χ0) is 28.2. The molecule has 1 aliphatic carbocycles. The summed E-state index contributed by atoms with van der Waals surface area (Å²) in [6.07, 6.45) is 14.1. The minimum atomic E-state index is -0.542. The van der Waals surface area contributed by atoms with E-state index in [-0.39, 0.29) is 5.82 Å². The molecule has 0 spiro atoms. The molecule has 1 atom stereocenters. The van der Waals surface area contributed by atoms with Crippen LogP contribution in [0.1, 0.15) is 121 Å². The molecule has 0 aromatic carbocycles. The topological polar surface area (TPSA) is 55.4 Å². The number of hydrogen-bond donors (Lipinski definition) is 0. The lowest BCUT2D eigenvalue weighted by Gasteiger charge is -2.32. The monoisotopic (exact) mass is 531 g/mol. The fourth-order valence-corrected chi connectivity index (χ4v) is 4.76. The molecule has 8 heteroatoms. The van der Waals surface area contributed by atoms with Crippen LogP contribution in [0.15, 0.2) is 23.4 Å². The lowest BCUT2D eigenvalue weighted by Crippen LogP contribution is -2.41. The highest BCUT2D eigenvalue weighted by molar-refractivity contribution is 6.56. The summed E-state index contributed by atoms with van der Waals surface area (Å²) in [5, 5.41) is 0. The lowest BCUT2D eigenvalue weighted by molar-refractivity contribution is 0.00578. The summed E-state index contributed by atoms with van der Waals surface area (Å²) in [6, 6.07) is 0. The SMILES string of the molecule is CCCCCCO[C]1C=C(B2OC(C)(C)C(C)(C)O2)C(OCCCCCC)=CC1B1OC(C)(C)C(C)(C)O1. The van der Waals surface area contributed by atoms with E-state index < -0.39 is 36.6 Å². The van der Waals surface area contributed by atoms with E-state index in [0.717, 1.165) is 43.0 Å². The Morgan fingerprint density at radius 2 is 1.13 bits per heavy atom. The molecular weight excluding hydrogens is 478 g/mol. The van der Waals surface area contributed by atoms with Crippen molar-refractivity contribution in [2.75, 3.05) is 13.2 Å². The molecule has 2 heterocycles. The van der Waals surface area contributed by atoms with Gasteiger partial charge < -0.3 is 28.1 Å². The Balaban J connectivity index is 1.89. The van der Waals surface area contributed by atoms with Crippen molar-refractivity contribution in [2.45, 2.75) is 149 Å². The predicted octanol–water partition coefficient (Wildman–Crippen LogP) is 7.63. The van der Waals surface area contributed by atoms with Gasteiger partial charge >= 0.3 is 14.2 Å². The second kappa shape index (κ2) is 12.8. The first-order valence-electron chi connectivity index (χ1n) is 15.0. The van der Waals surface area contributed by atoms with Crippen molar-refractivity contribution in [1.82, 2.24) is 0 Å². The Labute approximate surface area is 233 Å². The molecule has 215 valence electrons. The van der Waals surface area contributed by atoms with E-state index in [1.165, 1.54) is 25.7 Å². The predicted molar refractivity (Wildman–Crippen MR) is 156 cm³/mol. The van der Waals surface area contributed by atoms with Crippen molar-refractivity contribution in [2.24, 2.45) is 0 Å². The third kappa shape index (κ3) is 7.28. The molecule has 0 aromatic rings. The molecule has 38 heavy (non-hydrogen) atoms. The van der Waals surface area contributed by atoms with Crippen LogP contribution in [0.25, 0.3) is 0 Å². The fourth-order valence-electron chi connectivity index (χ4n) is 4.76. The first kappa shape index (κ1) is 31.7. The zero-order valence-electron chi connectivity index (χ0n) is 25.9. The van der Waals surface area contributed by atoms with Crippen molar-refractivity contribution >= 4 is 14.2 Å². The Kier molecular flexibility index (Phi) is 10.7. The van der Waals surface area contributed by atoms with Crippen molar-refractivity contribution in [1.29, 1.82) is 0 Å². The molecule has 2 aliphatic heterocycles. The molecule has 0 N–H and O–H groups in total. The van der Waals surface area contributed by atoms with E-state index in [4.69, 9.17) is 28.1 Å². The lowest BCUT2D eigenvalue weighted by atomic mass is 9.62. The average Bonchev–Trinajstić information content (AvgIpc) is 3.18. The summed E-state index contributed by atoms with van der Waals surface area (Å²) >= 11 is 0. The second-order valence-corrected chi connectivity index (χ2v) is 13.1. The Morgan fingerprint density at radius 1 is 0.658 bits per heavy atom. The van der Waals surface area contributed by atoms with Crippen LogP contribution in [0, 0.1) is 6.10 Å². The molecule has 6 nitrogen and oxygen atoms in total. The summed E-state index contributed by atoms with van der Waals surface area (Å²) in [5.74, 6) is 0.553. The second-order valence-electron chi connectivity index (χ2n) is 13.1. The maximum absolute atomic E-state index is 6.50. The summed E-state index contributed by atoms with van der Waals surface area (Å²) in [5.41, 5.74) is -0.901. The van der Waals surface area contributed by atoms with Crippen LogP contribution < -0.4 is 0 Å². The molecular formula is C30H53B2O6. The Bertz CT molecular complexity index is 803. The normalized spacial score (nSPS) is 26.0. The minimum absolute atomic E-state index is 0.223. The number of ether oxygens (including phenoxy) is 2. The first-order valence-corrected chi connectivity index (χ1v) is 15.0. The molecule has 3 aliphatic rings. The first-order chi connectivity index (χ1) is 17.7. The Morgan fingerprint density at radius 3 is 1.63 bits per heavy atom. The Hall–Kier alpha value is -0.790. The van der Waals surface area contributed by atoms with Crippen LogP contribution in [0.3, 0.4) is 0 Å². The maximum atomic E-state index is 6.50. The van der Waals surface area contributed by atoms with Gasteiger partial charge in [0, 0.05) is 12.1 Å². The fraction of sp³-hybridized carbons (Fsp3) is 0.833. The highest BCUT2D eigenvalue weighted by atomic mass is 16.7. The number of unbranched alkanes of at least 4 members (excludes halogenated alkanes) is 6. The van der Waals surface area contributed by atoms with Gasteiger partial charge in [-0.2, -0.15) is 0 Å². The largest absolute Gasteiger partial charge is 0.498 e. The third-order valence-electron chi connectivity index (χ3n) is 8.84. The number of rotatable bonds is 14. The summed E-state index contributed by atoms with van der Waals surface area (Å²) in [7, 11) is -1.01. The molecule has 1 radical (unpaired) electrons. The van der Waals surface area contributed by atoms with Crippen LogP contribution >= 0.6 is 0 Å². The summed E-state index contributed by atoms with van der Waals surface area (Å²) in [6.45, 7) is 22.4. The number of allylic oxidation sites excluding steroid dienone is 1. The highest BCUT2D eigenvalue weighted by Crippen LogP contribution is 2.48. The van der Waals surface area contributed by atoms with Gasteiger partial charge in [-0.15, -0.1) is 0 Å². The van der Waals surface area contributed by atoms with Gasteiger partial charge in [0.2, 0.25) is 0 Å². The highest BCUT2D eigenvalue weighted by Gasteiger charge is 2.58. The van der Waals surface area contributed by atoms with Gasteiger partial charge in [-0.25, -0.2) is 0 Å². The molecule has 2 fully saturated rings. The molecule has 0 aromatic heterocycles. The van der Waals surface area contributed by atoms with Crippen molar-refractivity contribution < 1.29 is 28.1 Å². The molecule has 0 bridgehead atoms. The molecule has 1 unspecified atom stereocenters. The van der Waals surface area contributed by atoms with Crippen LogP contribution in [-0.4, -0.2) is 49.9 Å². The summed E-state index contributed by atoms with van der Waals surface area (Å²) < 4.78 is 38.8. The van der Waals surface area contributed by atoms with Gasteiger partial charge in [-0.05, 0) is 80.4 Å². The van der Waals surface area contributed by atoms with Crippen LogP contribution in [0.5, 0.6) is 0 Å². The van der Waals surface area contributed by atoms with Gasteiger partial charge in [0.15, 0.2) is 0 Å². The van der Waals surface area contributed by atoms with Gasteiger partial charge in [-0.1, -0.05) is 52.4 Å². The number of hydrogen-bond acceptors (Lipinski definition) is 6. The van der Waals surface area contributed by atoms with Crippen molar-refractivity contribution in [3.8, 4) is 0 Å².